The van der Waals surface area contributed by atoms with E-state index in [1.54, 1.807) is 6.26 Å². The number of hydrogen-bond acceptors (Lipinski definition) is 3. The molecule has 0 aromatic carbocycles. The molecule has 0 radical (unpaired) electrons. The van der Waals surface area contributed by atoms with E-state index in [1.165, 1.54) is 18.4 Å². The summed E-state index contributed by atoms with van der Waals surface area (Å²) in [5.41, 5.74) is 1.25. The fraction of sp³-hybridized carbons (Fsp3) is 0.692. The highest BCUT2D eigenvalue weighted by atomic mass is 16.3. The number of nitrogens with zero attached hydrogens (tertiary/aromatic N) is 1. The largest absolute Gasteiger partial charge is 0.472 e. The summed E-state index contributed by atoms with van der Waals surface area (Å²) in [6, 6.07) is 2.85. The molecule has 2 rings (SSSR count). The van der Waals surface area contributed by atoms with Crippen LogP contribution in [0.15, 0.2) is 23.0 Å². The Bertz CT molecular complexity index is 293. The van der Waals surface area contributed by atoms with Gasteiger partial charge < -0.3 is 14.6 Å². The van der Waals surface area contributed by atoms with Crippen LogP contribution in [0, 0.1) is 5.92 Å². The first-order chi connectivity index (χ1) is 7.74. The molecule has 90 valence electrons. The minimum Gasteiger partial charge on any atom is -0.472 e. The summed E-state index contributed by atoms with van der Waals surface area (Å²) in [7, 11) is 2.17. The van der Waals surface area contributed by atoms with Crippen molar-refractivity contribution < 1.29 is 4.42 Å². The van der Waals surface area contributed by atoms with Gasteiger partial charge in [-0.05, 0) is 38.4 Å². The summed E-state index contributed by atoms with van der Waals surface area (Å²) in [5.74, 6) is 0.706. The first kappa shape index (κ1) is 11.7. The lowest BCUT2D eigenvalue weighted by atomic mass is 10.1. The van der Waals surface area contributed by atoms with E-state index in [1.807, 2.05) is 12.3 Å². The molecule has 0 spiro atoms. The first-order valence-electron chi connectivity index (χ1n) is 6.17. The van der Waals surface area contributed by atoms with Crippen LogP contribution in [0.4, 0.5) is 0 Å². The van der Waals surface area contributed by atoms with Crippen LogP contribution in [0.25, 0.3) is 0 Å². The molecule has 1 heterocycles. The molecule has 1 N–H and O–H groups in total. The van der Waals surface area contributed by atoms with Gasteiger partial charge in [0.15, 0.2) is 0 Å². The van der Waals surface area contributed by atoms with Gasteiger partial charge >= 0.3 is 0 Å². The van der Waals surface area contributed by atoms with Crippen LogP contribution in [0.1, 0.15) is 25.3 Å². The fourth-order valence-corrected chi connectivity index (χ4v) is 2.01. The lowest BCUT2D eigenvalue weighted by Crippen LogP contribution is -2.31. The van der Waals surface area contributed by atoms with Crippen LogP contribution in [-0.4, -0.2) is 31.1 Å². The molecule has 1 aromatic rings. The zero-order valence-electron chi connectivity index (χ0n) is 10.3. The molecule has 1 atom stereocenters. The Balaban J connectivity index is 1.63. The topological polar surface area (TPSA) is 28.4 Å². The summed E-state index contributed by atoms with van der Waals surface area (Å²) in [6.45, 7) is 5.55. The summed E-state index contributed by atoms with van der Waals surface area (Å²) in [5, 5.41) is 3.58. The predicted molar refractivity (Wildman–Crippen MR) is 65.2 cm³/mol. The van der Waals surface area contributed by atoms with Crippen molar-refractivity contribution >= 4 is 0 Å². The van der Waals surface area contributed by atoms with Gasteiger partial charge in [0.25, 0.3) is 0 Å². The maximum atomic E-state index is 5.07. The third-order valence-corrected chi connectivity index (χ3v) is 2.99. The molecule has 0 aliphatic heterocycles. The van der Waals surface area contributed by atoms with Crippen LogP contribution >= 0.6 is 0 Å². The third kappa shape index (κ3) is 3.99. The van der Waals surface area contributed by atoms with Crippen molar-refractivity contribution in [3.63, 3.8) is 0 Å². The average Bonchev–Trinajstić information content (AvgIpc) is 2.94. The van der Waals surface area contributed by atoms with Crippen molar-refractivity contribution in [3.8, 4) is 0 Å². The lowest BCUT2D eigenvalue weighted by molar-refractivity contribution is 0.273. The van der Waals surface area contributed by atoms with E-state index in [2.05, 4.69) is 24.2 Å². The van der Waals surface area contributed by atoms with Crippen LogP contribution in [0.5, 0.6) is 0 Å². The average molecular weight is 222 g/mol. The van der Waals surface area contributed by atoms with E-state index < -0.39 is 0 Å². The lowest BCUT2D eigenvalue weighted by Gasteiger charge is -2.21. The molecular weight excluding hydrogens is 200 g/mol. The maximum Gasteiger partial charge on any atom is 0.0947 e. The molecule has 0 saturated heterocycles. The van der Waals surface area contributed by atoms with Gasteiger partial charge in [0.05, 0.1) is 12.5 Å². The summed E-state index contributed by atoms with van der Waals surface area (Å²) >= 11 is 0. The molecule has 1 aliphatic rings. The minimum absolute atomic E-state index is 0.706. The van der Waals surface area contributed by atoms with Gasteiger partial charge in [0.2, 0.25) is 0 Å². The number of nitrogens with one attached hydrogen (secondary N) is 1. The smallest absolute Gasteiger partial charge is 0.0947 e. The quantitative estimate of drug-likeness (QED) is 0.766. The van der Waals surface area contributed by atoms with E-state index in [9.17, 15) is 0 Å². The monoisotopic (exact) mass is 222 g/mol. The van der Waals surface area contributed by atoms with Gasteiger partial charge in [-0.15, -0.1) is 0 Å². The molecule has 0 amide bonds. The van der Waals surface area contributed by atoms with Crippen molar-refractivity contribution in [1.29, 1.82) is 0 Å². The second kappa shape index (κ2) is 5.51. The Morgan fingerprint density at radius 1 is 1.56 bits per heavy atom. The summed E-state index contributed by atoms with van der Waals surface area (Å²) in [6.07, 6.45) is 6.31. The van der Waals surface area contributed by atoms with E-state index >= 15 is 0 Å². The van der Waals surface area contributed by atoms with Crippen molar-refractivity contribution in [3.05, 3.63) is 24.2 Å². The van der Waals surface area contributed by atoms with Crippen LogP contribution in [0.2, 0.25) is 0 Å². The van der Waals surface area contributed by atoms with Crippen LogP contribution in [0.3, 0.4) is 0 Å². The number of hydrogen-bond donors (Lipinski definition) is 1. The van der Waals surface area contributed by atoms with E-state index in [0.29, 0.717) is 5.92 Å². The first-order valence-corrected chi connectivity index (χ1v) is 6.17. The predicted octanol–water partition coefficient (Wildman–Crippen LogP) is 2.10. The molecule has 16 heavy (non-hydrogen) atoms. The second-order valence-electron chi connectivity index (χ2n) is 5.12. The Hall–Kier alpha value is -0.800. The van der Waals surface area contributed by atoms with Gasteiger partial charge in [-0.25, -0.2) is 0 Å². The Labute approximate surface area is 97.8 Å². The van der Waals surface area contributed by atoms with Crippen LogP contribution in [-0.2, 0) is 6.54 Å². The number of rotatable bonds is 7. The summed E-state index contributed by atoms with van der Waals surface area (Å²) in [4.78, 5) is 2.35. The third-order valence-electron chi connectivity index (χ3n) is 2.99. The molecule has 1 aliphatic carbocycles. The zero-order chi connectivity index (χ0) is 11.4. The molecule has 3 nitrogen and oxygen atoms in total. The van der Waals surface area contributed by atoms with Crippen LogP contribution < -0.4 is 5.32 Å². The van der Waals surface area contributed by atoms with E-state index in [0.717, 1.165) is 25.7 Å². The van der Waals surface area contributed by atoms with Gasteiger partial charge in [0.1, 0.15) is 0 Å². The van der Waals surface area contributed by atoms with Crippen molar-refractivity contribution in [1.82, 2.24) is 10.2 Å². The van der Waals surface area contributed by atoms with Crippen molar-refractivity contribution in [2.45, 2.75) is 32.4 Å². The highest BCUT2D eigenvalue weighted by Gasteiger charge is 2.21. The van der Waals surface area contributed by atoms with Gasteiger partial charge in [0, 0.05) is 24.7 Å². The fourth-order valence-electron chi connectivity index (χ4n) is 2.01. The van der Waals surface area contributed by atoms with E-state index in [-0.39, 0.29) is 0 Å². The number of furan rings is 1. The molecule has 1 fully saturated rings. The Morgan fingerprint density at radius 2 is 2.38 bits per heavy atom. The minimum atomic E-state index is 0.706. The highest BCUT2D eigenvalue weighted by Crippen LogP contribution is 2.18. The molecule has 3 heteroatoms. The summed E-state index contributed by atoms with van der Waals surface area (Å²) < 4.78 is 5.07. The van der Waals surface area contributed by atoms with Crippen molar-refractivity contribution in [2.24, 2.45) is 5.92 Å². The standard InChI is InChI=1S/C13H22N2O/c1-11(7-14-13-3-4-13)8-15(2)9-12-5-6-16-10-12/h5-6,10-11,13-14H,3-4,7-9H2,1-2H3. The molecule has 1 aromatic heterocycles. The molecule has 1 saturated carbocycles. The SMILES string of the molecule is CC(CNC1CC1)CN(C)Cc1ccoc1. The van der Waals surface area contributed by atoms with Gasteiger partial charge in [-0.2, -0.15) is 0 Å². The van der Waals surface area contributed by atoms with E-state index in [4.69, 9.17) is 4.42 Å². The Kier molecular flexibility index (Phi) is 4.02. The Morgan fingerprint density at radius 3 is 3.00 bits per heavy atom. The van der Waals surface area contributed by atoms with Crippen molar-refractivity contribution in [2.75, 3.05) is 20.1 Å². The van der Waals surface area contributed by atoms with Gasteiger partial charge in [-0.3, -0.25) is 0 Å². The van der Waals surface area contributed by atoms with Gasteiger partial charge in [-0.1, -0.05) is 6.92 Å². The maximum absolute atomic E-state index is 5.07. The second-order valence-corrected chi connectivity index (χ2v) is 5.12. The zero-order valence-corrected chi connectivity index (χ0v) is 10.3. The highest BCUT2D eigenvalue weighted by molar-refractivity contribution is 5.04. The normalized spacial score (nSPS) is 17.9. The molecule has 0 bridgehead atoms. The molecule has 1 unspecified atom stereocenters. The molecular formula is C13H22N2O.